The highest BCUT2D eigenvalue weighted by Gasteiger charge is 2.34. The molecule has 0 amide bonds. The Kier molecular flexibility index (Phi) is 3.55. The van der Waals surface area contributed by atoms with Crippen LogP contribution in [-0.2, 0) is 6.18 Å². The van der Waals surface area contributed by atoms with E-state index in [9.17, 15) is 18.0 Å². The summed E-state index contributed by atoms with van der Waals surface area (Å²) in [6.07, 6.45) is -4.67. The van der Waals surface area contributed by atoms with Crippen LogP contribution in [0.25, 0.3) is 16.8 Å². The number of halogens is 3. The first-order valence-electron chi connectivity index (χ1n) is 7.37. The summed E-state index contributed by atoms with van der Waals surface area (Å²) < 4.78 is 40.1. The Morgan fingerprint density at radius 1 is 1.00 bits per heavy atom. The van der Waals surface area contributed by atoms with Crippen LogP contribution < -0.4 is 5.56 Å². The number of nitrogens with zero attached hydrogens (tertiary/aromatic N) is 2. The largest absolute Gasteiger partial charge is 0.433 e. The minimum atomic E-state index is -4.67. The average molecular weight is 335 g/mol. The summed E-state index contributed by atoms with van der Waals surface area (Å²) in [6, 6.07) is 4.41. The molecule has 1 N–H and O–H groups in total. The zero-order valence-electron chi connectivity index (χ0n) is 13.7. The van der Waals surface area contributed by atoms with Crippen LogP contribution >= 0.6 is 0 Å². The number of hydrogen-bond donors (Lipinski definition) is 1. The van der Waals surface area contributed by atoms with Gasteiger partial charge in [-0.25, -0.2) is 9.50 Å². The highest BCUT2D eigenvalue weighted by atomic mass is 19.4. The maximum atomic E-state index is 13.0. The molecule has 0 saturated carbocycles. The Labute approximate surface area is 135 Å². The molecule has 0 radical (unpaired) electrons. The van der Waals surface area contributed by atoms with E-state index in [0.29, 0.717) is 17.3 Å². The lowest BCUT2D eigenvalue weighted by molar-refractivity contribution is -0.141. The minimum absolute atomic E-state index is 0.0117. The van der Waals surface area contributed by atoms with Crippen molar-refractivity contribution in [1.29, 1.82) is 0 Å². The van der Waals surface area contributed by atoms with Gasteiger partial charge in [0.15, 0.2) is 11.3 Å². The van der Waals surface area contributed by atoms with Gasteiger partial charge in [0.25, 0.3) is 5.56 Å². The van der Waals surface area contributed by atoms with Crippen molar-refractivity contribution in [3.8, 4) is 11.1 Å². The highest BCUT2D eigenvalue weighted by molar-refractivity contribution is 5.84. The minimum Gasteiger partial charge on any atom is -0.293 e. The van der Waals surface area contributed by atoms with E-state index in [4.69, 9.17) is 0 Å². The molecule has 0 saturated heterocycles. The highest BCUT2D eigenvalue weighted by Crippen LogP contribution is 2.34. The molecule has 0 unspecified atom stereocenters. The summed E-state index contributed by atoms with van der Waals surface area (Å²) in [6.45, 7) is 7.46. The summed E-state index contributed by atoms with van der Waals surface area (Å²) in [5, 5.41) is 2.82. The van der Waals surface area contributed by atoms with Gasteiger partial charge in [-0.15, -0.1) is 0 Å². The van der Waals surface area contributed by atoms with E-state index in [0.717, 1.165) is 26.8 Å². The first kappa shape index (κ1) is 16.3. The van der Waals surface area contributed by atoms with Gasteiger partial charge in [0.1, 0.15) is 0 Å². The number of aromatic nitrogens is 3. The second-order valence-corrected chi connectivity index (χ2v) is 6.02. The molecular formula is C17H16F3N3O. The normalized spacial score (nSPS) is 12.1. The Morgan fingerprint density at radius 2 is 1.58 bits per heavy atom. The van der Waals surface area contributed by atoms with Gasteiger partial charge < -0.3 is 0 Å². The van der Waals surface area contributed by atoms with Crippen molar-refractivity contribution in [2.75, 3.05) is 0 Å². The molecule has 1 aromatic carbocycles. The topological polar surface area (TPSA) is 50.2 Å². The van der Waals surface area contributed by atoms with Crippen LogP contribution in [0.15, 0.2) is 23.0 Å². The molecule has 0 aliphatic heterocycles. The lowest BCUT2D eigenvalue weighted by atomic mass is 9.94. The first-order valence-corrected chi connectivity index (χ1v) is 7.37. The zero-order chi connectivity index (χ0) is 17.8. The van der Waals surface area contributed by atoms with Gasteiger partial charge in [-0.2, -0.15) is 13.2 Å². The summed E-state index contributed by atoms with van der Waals surface area (Å²) in [5.41, 5.74) is 2.83. The molecule has 24 heavy (non-hydrogen) atoms. The van der Waals surface area contributed by atoms with Crippen molar-refractivity contribution in [2.24, 2.45) is 0 Å². The molecule has 0 atom stereocenters. The van der Waals surface area contributed by atoms with Crippen molar-refractivity contribution in [3.05, 3.63) is 56.6 Å². The van der Waals surface area contributed by atoms with Crippen molar-refractivity contribution in [3.63, 3.8) is 0 Å². The summed E-state index contributed by atoms with van der Waals surface area (Å²) in [4.78, 5) is 15.8. The fraction of sp³-hybridized carbons (Fsp3) is 0.294. The van der Waals surface area contributed by atoms with Gasteiger partial charge in [-0.05, 0) is 44.4 Å². The quantitative estimate of drug-likeness (QED) is 0.732. The fourth-order valence-electron chi connectivity index (χ4n) is 3.17. The summed E-state index contributed by atoms with van der Waals surface area (Å²) >= 11 is 0. The van der Waals surface area contributed by atoms with Crippen LogP contribution in [0.2, 0.25) is 0 Å². The van der Waals surface area contributed by atoms with E-state index < -0.39 is 17.4 Å². The van der Waals surface area contributed by atoms with Crippen LogP contribution in [0.3, 0.4) is 0 Å². The zero-order valence-corrected chi connectivity index (χ0v) is 13.7. The van der Waals surface area contributed by atoms with Gasteiger partial charge in [0.2, 0.25) is 0 Å². The van der Waals surface area contributed by atoms with E-state index in [2.05, 4.69) is 10.1 Å². The number of H-pyrrole nitrogens is 1. The van der Waals surface area contributed by atoms with E-state index in [1.807, 2.05) is 32.9 Å². The molecule has 126 valence electrons. The smallest absolute Gasteiger partial charge is 0.293 e. The third-order valence-electron chi connectivity index (χ3n) is 4.01. The Balaban J connectivity index is 2.44. The second kappa shape index (κ2) is 5.22. The van der Waals surface area contributed by atoms with Gasteiger partial charge in [-0.1, -0.05) is 17.7 Å². The number of alkyl halides is 3. The van der Waals surface area contributed by atoms with Crippen LogP contribution in [0.1, 0.15) is 28.1 Å². The van der Waals surface area contributed by atoms with Crippen molar-refractivity contribution in [1.82, 2.24) is 14.6 Å². The molecular weight excluding hydrogens is 319 g/mol. The lowest BCUT2D eigenvalue weighted by Crippen LogP contribution is -2.20. The fourth-order valence-corrected chi connectivity index (χ4v) is 3.17. The van der Waals surface area contributed by atoms with Crippen molar-refractivity contribution in [2.45, 2.75) is 33.9 Å². The van der Waals surface area contributed by atoms with Crippen LogP contribution in [0.5, 0.6) is 0 Å². The molecule has 2 heterocycles. The molecule has 0 aliphatic rings. The number of rotatable bonds is 1. The third kappa shape index (κ3) is 2.50. The molecule has 3 aromatic rings. The number of benzene rings is 1. The van der Waals surface area contributed by atoms with Crippen LogP contribution in [0.4, 0.5) is 13.2 Å². The number of nitrogens with one attached hydrogen (secondary N) is 1. The number of aryl methyl sites for hydroxylation is 4. The summed E-state index contributed by atoms with van der Waals surface area (Å²) in [7, 11) is 0. The molecule has 0 bridgehead atoms. The lowest BCUT2D eigenvalue weighted by Gasteiger charge is -2.12. The number of fused-ring (bicyclic) bond motifs is 1. The Morgan fingerprint density at radius 3 is 2.12 bits per heavy atom. The summed E-state index contributed by atoms with van der Waals surface area (Å²) in [5.74, 6) is 0. The van der Waals surface area contributed by atoms with Gasteiger partial charge in [-0.3, -0.25) is 9.89 Å². The van der Waals surface area contributed by atoms with Gasteiger partial charge in [0.05, 0.1) is 0 Å². The maximum absolute atomic E-state index is 13.0. The van der Waals surface area contributed by atoms with Crippen molar-refractivity contribution < 1.29 is 13.2 Å². The molecule has 3 rings (SSSR count). The van der Waals surface area contributed by atoms with Crippen LogP contribution in [0, 0.1) is 27.7 Å². The maximum Gasteiger partial charge on any atom is 0.433 e. The molecule has 4 nitrogen and oxygen atoms in total. The van der Waals surface area contributed by atoms with E-state index in [1.54, 1.807) is 6.92 Å². The van der Waals surface area contributed by atoms with E-state index in [1.165, 1.54) is 0 Å². The van der Waals surface area contributed by atoms with Gasteiger partial charge >= 0.3 is 6.18 Å². The molecule has 0 spiro atoms. The predicted molar refractivity (Wildman–Crippen MR) is 85.2 cm³/mol. The van der Waals surface area contributed by atoms with Gasteiger partial charge in [0, 0.05) is 17.3 Å². The molecule has 2 aromatic heterocycles. The third-order valence-corrected chi connectivity index (χ3v) is 4.01. The number of hydrogen-bond acceptors (Lipinski definition) is 2. The molecule has 7 heteroatoms. The number of aromatic amines is 1. The Hall–Kier alpha value is -2.57. The molecule has 0 aliphatic carbocycles. The van der Waals surface area contributed by atoms with E-state index in [-0.39, 0.29) is 5.65 Å². The second-order valence-electron chi connectivity index (χ2n) is 6.02. The standard InChI is InChI=1S/C17H16F3N3O/c1-8-5-9(2)14(10(3)6-8)15-11(4)22-23-13(24)7-12(17(18,19)20)21-16(15)23/h5-7,22H,1-4H3. The average Bonchev–Trinajstić information content (AvgIpc) is 2.75. The van der Waals surface area contributed by atoms with Crippen LogP contribution in [-0.4, -0.2) is 14.6 Å². The monoisotopic (exact) mass is 335 g/mol. The predicted octanol–water partition coefficient (Wildman–Crippen LogP) is 3.94. The Bertz CT molecular complexity index is 989. The SMILES string of the molecule is Cc1cc(C)c(-c2c(C)[nH]n3c(=O)cc(C(F)(F)F)nc23)c(C)c1. The van der Waals surface area contributed by atoms with E-state index >= 15 is 0 Å². The van der Waals surface area contributed by atoms with Crippen molar-refractivity contribution >= 4 is 5.65 Å². The molecule has 0 fully saturated rings. The first-order chi connectivity index (χ1) is 11.1.